The number of rotatable bonds is 8. The lowest BCUT2D eigenvalue weighted by Gasteiger charge is -2.36. The van der Waals surface area contributed by atoms with E-state index in [9.17, 15) is 14.4 Å². The molecule has 0 unspecified atom stereocenters. The van der Waals surface area contributed by atoms with Gasteiger partial charge in [-0.3, -0.25) is 14.4 Å². The molecule has 0 radical (unpaired) electrons. The molecule has 1 aliphatic heterocycles. The highest BCUT2D eigenvalue weighted by molar-refractivity contribution is 6.35. The first-order chi connectivity index (χ1) is 18.9. The fraction of sp³-hybridized carbons (Fsp3) is 0.214. The average Bonchev–Trinajstić information content (AvgIpc) is 2.97. The first-order valence-electron chi connectivity index (χ1n) is 12.2. The van der Waals surface area contributed by atoms with Gasteiger partial charge in [-0.2, -0.15) is 5.10 Å². The molecule has 4 rings (SSSR count). The molecular formula is C28H28ClN5O5. The zero-order valence-electron chi connectivity index (χ0n) is 21.3. The van der Waals surface area contributed by atoms with Crippen molar-refractivity contribution >= 4 is 46.9 Å². The maximum Gasteiger partial charge on any atom is 0.329 e. The Balaban J connectivity index is 1.20. The van der Waals surface area contributed by atoms with Gasteiger partial charge < -0.3 is 24.6 Å². The van der Waals surface area contributed by atoms with Crippen LogP contribution in [0.3, 0.4) is 0 Å². The van der Waals surface area contributed by atoms with Crippen molar-refractivity contribution in [2.24, 2.45) is 5.10 Å². The maximum atomic E-state index is 12.6. The molecule has 0 spiro atoms. The molecule has 0 aromatic heterocycles. The summed E-state index contributed by atoms with van der Waals surface area (Å²) in [7, 11) is 1.62. The lowest BCUT2D eigenvalue weighted by Crippen LogP contribution is -2.52. The van der Waals surface area contributed by atoms with E-state index in [-0.39, 0.29) is 12.5 Å². The number of benzene rings is 3. The number of methoxy groups -OCH3 is 1. The smallest absolute Gasteiger partial charge is 0.329 e. The molecule has 3 aromatic rings. The fourth-order valence-electron chi connectivity index (χ4n) is 3.95. The van der Waals surface area contributed by atoms with Gasteiger partial charge >= 0.3 is 11.8 Å². The summed E-state index contributed by atoms with van der Waals surface area (Å²) < 4.78 is 10.9. The average molecular weight is 550 g/mol. The molecule has 0 bridgehead atoms. The topological polar surface area (TPSA) is 113 Å². The molecular weight excluding hydrogens is 522 g/mol. The third kappa shape index (κ3) is 7.48. The van der Waals surface area contributed by atoms with Crippen LogP contribution in [0.4, 0.5) is 11.4 Å². The first-order valence-corrected chi connectivity index (χ1v) is 12.6. The van der Waals surface area contributed by atoms with Crippen LogP contribution in [-0.4, -0.2) is 68.7 Å². The van der Waals surface area contributed by atoms with Crippen molar-refractivity contribution in [2.45, 2.75) is 0 Å². The first kappa shape index (κ1) is 27.5. The van der Waals surface area contributed by atoms with Crippen LogP contribution in [-0.2, 0) is 14.4 Å². The van der Waals surface area contributed by atoms with Crippen LogP contribution in [0, 0.1) is 0 Å². The summed E-state index contributed by atoms with van der Waals surface area (Å²) in [5.41, 5.74) is 4.42. The van der Waals surface area contributed by atoms with Gasteiger partial charge in [-0.05, 0) is 54.1 Å². The number of amides is 3. The van der Waals surface area contributed by atoms with Crippen molar-refractivity contribution in [3.63, 3.8) is 0 Å². The van der Waals surface area contributed by atoms with Crippen LogP contribution in [0.2, 0.25) is 5.02 Å². The van der Waals surface area contributed by atoms with Crippen molar-refractivity contribution < 1.29 is 23.9 Å². The quantitative estimate of drug-likeness (QED) is 0.253. The number of carbonyl (C=O) groups excluding carboxylic acids is 3. The van der Waals surface area contributed by atoms with Crippen molar-refractivity contribution in [1.29, 1.82) is 0 Å². The molecule has 3 aromatic carbocycles. The minimum absolute atomic E-state index is 0.190. The molecule has 1 fully saturated rings. The lowest BCUT2D eigenvalue weighted by atomic mass is 10.2. The summed E-state index contributed by atoms with van der Waals surface area (Å²) in [5.74, 6) is -0.537. The van der Waals surface area contributed by atoms with Gasteiger partial charge in [-0.1, -0.05) is 35.9 Å². The minimum Gasteiger partial charge on any atom is -0.495 e. The number of piperazine rings is 1. The molecule has 2 N–H and O–H groups in total. The highest BCUT2D eigenvalue weighted by atomic mass is 35.5. The van der Waals surface area contributed by atoms with Gasteiger partial charge in [0.15, 0.2) is 6.61 Å². The van der Waals surface area contributed by atoms with Crippen LogP contribution < -0.4 is 25.1 Å². The van der Waals surface area contributed by atoms with Gasteiger partial charge in [0.1, 0.15) is 11.5 Å². The zero-order valence-corrected chi connectivity index (χ0v) is 22.1. The Bertz CT molecular complexity index is 1340. The van der Waals surface area contributed by atoms with Crippen LogP contribution in [0.15, 0.2) is 77.9 Å². The van der Waals surface area contributed by atoms with E-state index in [1.54, 1.807) is 55.6 Å². The molecule has 0 saturated carbocycles. The molecule has 202 valence electrons. The Morgan fingerprint density at radius 3 is 2.36 bits per heavy atom. The van der Waals surface area contributed by atoms with E-state index < -0.39 is 11.8 Å². The fourth-order valence-corrected chi connectivity index (χ4v) is 4.13. The van der Waals surface area contributed by atoms with E-state index in [1.807, 2.05) is 24.3 Å². The summed E-state index contributed by atoms with van der Waals surface area (Å²) in [6.45, 7) is 1.79. The molecule has 0 aliphatic carbocycles. The number of carbonyl (C=O) groups is 3. The van der Waals surface area contributed by atoms with Crippen molar-refractivity contribution in [3.05, 3.63) is 83.4 Å². The van der Waals surface area contributed by atoms with Gasteiger partial charge in [-0.25, -0.2) is 5.43 Å². The molecule has 3 amide bonds. The Kier molecular flexibility index (Phi) is 9.36. The van der Waals surface area contributed by atoms with E-state index >= 15 is 0 Å². The number of hydrogen-bond donors (Lipinski definition) is 2. The predicted octanol–water partition coefficient (Wildman–Crippen LogP) is 3.17. The normalized spacial score (nSPS) is 13.2. The Hall–Kier alpha value is -4.57. The largest absolute Gasteiger partial charge is 0.495 e. The van der Waals surface area contributed by atoms with Gasteiger partial charge in [0.2, 0.25) is 0 Å². The number of anilines is 2. The number of para-hydroxylation sites is 3. The third-order valence-corrected chi connectivity index (χ3v) is 6.29. The number of hydrogen-bond acceptors (Lipinski definition) is 7. The van der Waals surface area contributed by atoms with Crippen molar-refractivity contribution in [3.8, 4) is 11.5 Å². The van der Waals surface area contributed by atoms with Gasteiger partial charge in [0.25, 0.3) is 5.91 Å². The zero-order chi connectivity index (χ0) is 27.6. The second-order valence-corrected chi connectivity index (χ2v) is 8.94. The summed E-state index contributed by atoms with van der Waals surface area (Å²) in [6, 6.07) is 21.4. The second-order valence-electron chi connectivity index (χ2n) is 8.54. The number of ether oxygens (including phenoxy) is 2. The van der Waals surface area contributed by atoms with E-state index in [0.717, 1.165) is 11.4 Å². The minimum atomic E-state index is -0.804. The molecule has 1 saturated heterocycles. The summed E-state index contributed by atoms with van der Waals surface area (Å²) in [5, 5.41) is 7.01. The molecule has 39 heavy (non-hydrogen) atoms. The highest BCUT2D eigenvalue weighted by Crippen LogP contribution is 2.28. The standard InChI is InChI=1S/C28H28ClN5O5/c1-38-25-9-5-4-8-24(25)33-14-16-34(17-15-33)28(37)27(36)32-30-18-20-10-12-21(13-11-20)39-19-26(35)31-23-7-3-2-6-22(23)29/h2-13,18H,14-17,19H2,1H3,(H,31,35)(H,32,36)/b30-18-. The molecule has 10 nitrogen and oxygen atoms in total. The summed E-state index contributed by atoms with van der Waals surface area (Å²) >= 11 is 6.04. The van der Waals surface area contributed by atoms with Gasteiger partial charge in [-0.15, -0.1) is 0 Å². The highest BCUT2D eigenvalue weighted by Gasteiger charge is 2.26. The van der Waals surface area contributed by atoms with Crippen LogP contribution in [0.25, 0.3) is 0 Å². The molecule has 0 atom stereocenters. The van der Waals surface area contributed by atoms with Crippen LogP contribution in [0.1, 0.15) is 5.56 Å². The van der Waals surface area contributed by atoms with Gasteiger partial charge in [0, 0.05) is 26.2 Å². The second kappa shape index (κ2) is 13.3. The summed E-state index contributed by atoms with van der Waals surface area (Å²) in [4.78, 5) is 40.6. The number of halogens is 1. The van der Waals surface area contributed by atoms with Crippen molar-refractivity contribution in [2.75, 3.05) is 50.1 Å². The van der Waals surface area contributed by atoms with Crippen LogP contribution in [0.5, 0.6) is 11.5 Å². The lowest BCUT2D eigenvalue weighted by molar-refractivity contribution is -0.146. The molecule has 1 heterocycles. The Morgan fingerprint density at radius 2 is 1.64 bits per heavy atom. The van der Waals surface area contributed by atoms with E-state index in [4.69, 9.17) is 21.1 Å². The van der Waals surface area contributed by atoms with Gasteiger partial charge in [0.05, 0.1) is 29.7 Å². The number of nitrogens with one attached hydrogen (secondary N) is 2. The van der Waals surface area contributed by atoms with Crippen molar-refractivity contribution in [1.82, 2.24) is 10.3 Å². The number of nitrogens with zero attached hydrogens (tertiary/aromatic N) is 3. The third-order valence-electron chi connectivity index (χ3n) is 5.96. The monoisotopic (exact) mass is 549 g/mol. The van der Waals surface area contributed by atoms with E-state index in [2.05, 4.69) is 20.7 Å². The number of hydrazone groups is 1. The van der Waals surface area contributed by atoms with E-state index in [1.165, 1.54) is 11.1 Å². The van der Waals surface area contributed by atoms with Crippen LogP contribution >= 0.6 is 11.6 Å². The summed E-state index contributed by atoms with van der Waals surface area (Å²) in [6.07, 6.45) is 1.42. The molecule has 1 aliphatic rings. The van der Waals surface area contributed by atoms with E-state index in [0.29, 0.717) is 48.2 Å². The SMILES string of the molecule is COc1ccccc1N1CCN(C(=O)C(=O)N/N=C\c2ccc(OCC(=O)Nc3ccccc3Cl)cc2)CC1. The Morgan fingerprint density at radius 1 is 0.949 bits per heavy atom. The maximum absolute atomic E-state index is 12.6. The Labute approximate surface area is 231 Å². The molecule has 11 heteroatoms. The predicted molar refractivity (Wildman–Crippen MR) is 150 cm³/mol.